The number of nitrogens with zero attached hydrogens (tertiary/aromatic N) is 1. The summed E-state index contributed by atoms with van der Waals surface area (Å²) < 4.78 is 13.1. The van der Waals surface area contributed by atoms with Crippen molar-refractivity contribution >= 4 is 28.9 Å². The zero-order valence-corrected chi connectivity index (χ0v) is 12.1. The third-order valence-electron chi connectivity index (χ3n) is 2.91. The molecule has 0 spiro atoms. The third-order valence-corrected chi connectivity index (χ3v) is 3.53. The van der Waals surface area contributed by atoms with Crippen molar-refractivity contribution in [1.29, 1.82) is 5.26 Å². The lowest BCUT2D eigenvalue weighted by atomic mass is 10.1. The van der Waals surface area contributed by atoms with Crippen LogP contribution in [0.5, 0.6) is 0 Å². The lowest BCUT2D eigenvalue weighted by molar-refractivity contribution is 0.627. The van der Waals surface area contributed by atoms with E-state index in [4.69, 9.17) is 28.5 Å². The molecule has 0 aliphatic carbocycles. The minimum Gasteiger partial charge on any atom is -0.378 e. The smallest absolute Gasteiger partial charge is 0.141 e. The molecule has 0 aliphatic heterocycles. The van der Waals surface area contributed by atoms with Crippen LogP contribution in [0, 0.1) is 17.1 Å². The molecular weight excluding hydrogens is 298 g/mol. The summed E-state index contributed by atoms with van der Waals surface area (Å²) in [6, 6.07) is 11.6. The van der Waals surface area contributed by atoms with Gasteiger partial charge in [-0.15, -0.1) is 0 Å². The number of hydrogen-bond donors (Lipinski definition) is 1. The highest BCUT2D eigenvalue weighted by molar-refractivity contribution is 6.31. The number of rotatable bonds is 3. The molecule has 0 radical (unpaired) electrons. The van der Waals surface area contributed by atoms with Crippen molar-refractivity contribution in [3.8, 4) is 6.07 Å². The molecular formula is C15H11Cl2FN2. The number of nitriles is 1. The van der Waals surface area contributed by atoms with Crippen LogP contribution in [0.4, 0.5) is 10.1 Å². The normalized spacial score (nSPS) is 11.8. The van der Waals surface area contributed by atoms with Crippen LogP contribution in [0.25, 0.3) is 0 Å². The van der Waals surface area contributed by atoms with Crippen LogP contribution in [0.2, 0.25) is 10.0 Å². The molecule has 0 heterocycles. The second kappa shape index (κ2) is 6.13. The molecule has 2 aromatic rings. The highest BCUT2D eigenvalue weighted by atomic mass is 35.5. The van der Waals surface area contributed by atoms with Gasteiger partial charge in [-0.05, 0) is 42.8 Å². The standard InChI is InChI=1S/C15H11Cl2FN2/c1-9(10-2-5-15(18)14(17)7-10)20-12-3-4-13(16)11(6-12)8-19/h2-7,9,20H,1H3. The molecule has 102 valence electrons. The number of anilines is 1. The van der Waals surface area contributed by atoms with Crippen molar-refractivity contribution in [2.75, 3.05) is 5.32 Å². The van der Waals surface area contributed by atoms with Gasteiger partial charge >= 0.3 is 0 Å². The molecule has 0 amide bonds. The molecule has 20 heavy (non-hydrogen) atoms. The molecule has 5 heteroatoms. The summed E-state index contributed by atoms with van der Waals surface area (Å²) in [7, 11) is 0. The minimum atomic E-state index is -0.444. The average Bonchev–Trinajstić information content (AvgIpc) is 2.43. The van der Waals surface area contributed by atoms with E-state index in [9.17, 15) is 4.39 Å². The third kappa shape index (κ3) is 3.22. The van der Waals surface area contributed by atoms with Crippen molar-refractivity contribution in [2.45, 2.75) is 13.0 Å². The monoisotopic (exact) mass is 308 g/mol. The van der Waals surface area contributed by atoms with Gasteiger partial charge in [0.25, 0.3) is 0 Å². The molecule has 0 aliphatic rings. The van der Waals surface area contributed by atoms with E-state index in [1.54, 1.807) is 30.3 Å². The van der Waals surface area contributed by atoms with Gasteiger partial charge < -0.3 is 5.32 Å². The summed E-state index contributed by atoms with van der Waals surface area (Å²) >= 11 is 11.6. The Kier molecular flexibility index (Phi) is 4.49. The predicted molar refractivity (Wildman–Crippen MR) is 79.6 cm³/mol. The van der Waals surface area contributed by atoms with E-state index < -0.39 is 5.82 Å². The Morgan fingerprint density at radius 2 is 1.90 bits per heavy atom. The Balaban J connectivity index is 2.21. The first-order chi connectivity index (χ1) is 9.51. The van der Waals surface area contributed by atoms with E-state index in [-0.39, 0.29) is 11.1 Å². The maximum atomic E-state index is 13.1. The van der Waals surface area contributed by atoms with Crippen molar-refractivity contribution in [3.63, 3.8) is 0 Å². The topological polar surface area (TPSA) is 35.8 Å². The van der Waals surface area contributed by atoms with Crippen molar-refractivity contribution in [2.24, 2.45) is 0 Å². The van der Waals surface area contributed by atoms with E-state index in [2.05, 4.69) is 5.32 Å². The molecule has 1 atom stereocenters. The van der Waals surface area contributed by atoms with Crippen molar-refractivity contribution < 1.29 is 4.39 Å². The van der Waals surface area contributed by atoms with Gasteiger partial charge in [0.15, 0.2) is 0 Å². The van der Waals surface area contributed by atoms with Crippen molar-refractivity contribution in [1.82, 2.24) is 0 Å². The van der Waals surface area contributed by atoms with Crippen LogP contribution in [0.1, 0.15) is 24.1 Å². The summed E-state index contributed by atoms with van der Waals surface area (Å²) in [4.78, 5) is 0. The Hall–Kier alpha value is -1.76. The quantitative estimate of drug-likeness (QED) is 0.848. The molecule has 0 saturated carbocycles. The van der Waals surface area contributed by atoms with Gasteiger partial charge in [0.1, 0.15) is 11.9 Å². The van der Waals surface area contributed by atoms with Crippen LogP contribution in [0.3, 0.4) is 0 Å². The zero-order valence-electron chi connectivity index (χ0n) is 10.6. The van der Waals surface area contributed by atoms with Gasteiger partial charge in [0, 0.05) is 11.7 Å². The molecule has 0 aromatic heterocycles. The Morgan fingerprint density at radius 3 is 2.55 bits per heavy atom. The average molecular weight is 309 g/mol. The van der Waals surface area contributed by atoms with Gasteiger partial charge in [-0.3, -0.25) is 0 Å². The lowest BCUT2D eigenvalue weighted by Crippen LogP contribution is -2.07. The second-order valence-corrected chi connectivity index (χ2v) is 5.16. The Labute approximate surface area is 126 Å². The van der Waals surface area contributed by atoms with Crippen LogP contribution >= 0.6 is 23.2 Å². The van der Waals surface area contributed by atoms with E-state index in [1.165, 1.54) is 6.07 Å². The minimum absolute atomic E-state index is 0.0826. The van der Waals surface area contributed by atoms with Crippen molar-refractivity contribution in [3.05, 3.63) is 63.4 Å². The molecule has 1 unspecified atom stereocenters. The highest BCUT2D eigenvalue weighted by Crippen LogP contribution is 2.26. The first kappa shape index (κ1) is 14.6. The van der Waals surface area contributed by atoms with E-state index in [1.807, 2.05) is 13.0 Å². The number of hydrogen-bond acceptors (Lipinski definition) is 2. The van der Waals surface area contributed by atoms with Gasteiger partial charge in [0.05, 0.1) is 15.6 Å². The van der Waals surface area contributed by atoms with Crippen LogP contribution in [-0.2, 0) is 0 Å². The fourth-order valence-electron chi connectivity index (χ4n) is 1.82. The Bertz CT molecular complexity index is 680. The van der Waals surface area contributed by atoms with Gasteiger partial charge in [0.2, 0.25) is 0 Å². The molecule has 2 aromatic carbocycles. The second-order valence-electron chi connectivity index (χ2n) is 4.35. The van der Waals surface area contributed by atoms with Crippen LogP contribution in [-0.4, -0.2) is 0 Å². The number of nitrogens with one attached hydrogen (secondary N) is 1. The summed E-state index contributed by atoms with van der Waals surface area (Å²) in [5.41, 5.74) is 2.02. The maximum Gasteiger partial charge on any atom is 0.141 e. The number of benzene rings is 2. The first-order valence-electron chi connectivity index (χ1n) is 5.92. The molecule has 1 N–H and O–H groups in total. The van der Waals surface area contributed by atoms with E-state index >= 15 is 0 Å². The van der Waals surface area contributed by atoms with E-state index in [0.717, 1.165) is 11.3 Å². The maximum absolute atomic E-state index is 13.1. The fraction of sp³-hybridized carbons (Fsp3) is 0.133. The molecule has 0 bridgehead atoms. The molecule has 2 nitrogen and oxygen atoms in total. The largest absolute Gasteiger partial charge is 0.378 e. The van der Waals surface area contributed by atoms with Crippen LogP contribution in [0.15, 0.2) is 36.4 Å². The summed E-state index contributed by atoms with van der Waals surface area (Å²) in [6.07, 6.45) is 0. The highest BCUT2D eigenvalue weighted by Gasteiger charge is 2.09. The van der Waals surface area contributed by atoms with Crippen LogP contribution < -0.4 is 5.32 Å². The predicted octanol–water partition coefficient (Wildman–Crippen LogP) is 5.18. The summed E-state index contributed by atoms with van der Waals surface area (Å²) in [5, 5.41) is 12.7. The van der Waals surface area contributed by atoms with Gasteiger partial charge in [-0.1, -0.05) is 29.3 Å². The van der Waals surface area contributed by atoms with E-state index in [0.29, 0.717) is 10.6 Å². The SMILES string of the molecule is CC(Nc1ccc(Cl)c(C#N)c1)c1ccc(F)c(Cl)c1. The van der Waals surface area contributed by atoms with Gasteiger partial charge in [-0.2, -0.15) is 5.26 Å². The van der Waals surface area contributed by atoms with Gasteiger partial charge in [-0.25, -0.2) is 4.39 Å². The molecule has 2 rings (SSSR count). The summed E-state index contributed by atoms with van der Waals surface area (Å²) in [6.45, 7) is 1.92. The fourth-order valence-corrected chi connectivity index (χ4v) is 2.16. The Morgan fingerprint density at radius 1 is 1.15 bits per heavy atom. The molecule has 0 saturated heterocycles. The first-order valence-corrected chi connectivity index (χ1v) is 6.68. The zero-order chi connectivity index (χ0) is 14.7. The lowest BCUT2D eigenvalue weighted by Gasteiger charge is -2.16. The summed E-state index contributed by atoms with van der Waals surface area (Å²) in [5.74, 6) is -0.444. The molecule has 0 fully saturated rings. The number of halogens is 3.